The number of nitrogens with zero attached hydrogens (tertiary/aromatic N) is 3. The van der Waals surface area contributed by atoms with Crippen molar-refractivity contribution < 1.29 is 28.2 Å². The molecule has 1 unspecified atom stereocenters. The van der Waals surface area contributed by atoms with Gasteiger partial charge in [0.05, 0.1) is 0 Å². The SMILES string of the molecule is B[PH](OC[C@H]1O[C@@H](n2ccc(=O)[nH]c2=O)[C@@H](OC)C1O)(OC(C)(C)CC#N)OC(C)(C)CC#N. The van der Waals surface area contributed by atoms with Gasteiger partial charge in [-0.3, -0.25) is 0 Å². The fraction of sp³-hybridized carbons (Fsp3) is 0.700. The van der Waals surface area contributed by atoms with Gasteiger partial charge in [-0.1, -0.05) is 0 Å². The summed E-state index contributed by atoms with van der Waals surface area (Å²) >= 11 is 0. The molecule has 0 saturated carbocycles. The molecule has 1 aliphatic heterocycles. The van der Waals surface area contributed by atoms with Crippen LogP contribution in [0.5, 0.6) is 0 Å². The average molecular weight is 498 g/mol. The molecule has 188 valence electrons. The van der Waals surface area contributed by atoms with Crippen LogP contribution in [0.25, 0.3) is 0 Å². The molecule has 0 radical (unpaired) electrons. The molecule has 0 aliphatic carbocycles. The first-order valence-electron chi connectivity index (χ1n) is 10.7. The number of ether oxygens (including phenoxy) is 2. The second-order valence-electron chi connectivity index (χ2n) is 9.34. The number of nitriles is 2. The van der Waals surface area contributed by atoms with Crippen LogP contribution in [0, 0.1) is 22.7 Å². The van der Waals surface area contributed by atoms with Crippen molar-refractivity contribution in [2.24, 2.45) is 0 Å². The van der Waals surface area contributed by atoms with Crippen LogP contribution in [0.3, 0.4) is 0 Å². The first-order chi connectivity index (χ1) is 15.8. The second kappa shape index (κ2) is 11.1. The van der Waals surface area contributed by atoms with Gasteiger partial charge in [-0.25, -0.2) is 0 Å². The summed E-state index contributed by atoms with van der Waals surface area (Å²) in [6, 6.07) is 5.29. The zero-order valence-corrected chi connectivity index (χ0v) is 21.2. The molecule has 2 rings (SSSR count). The van der Waals surface area contributed by atoms with Crippen molar-refractivity contribution >= 4 is 15.4 Å². The van der Waals surface area contributed by atoms with Gasteiger partial charge in [0.25, 0.3) is 0 Å². The van der Waals surface area contributed by atoms with E-state index in [1.54, 1.807) is 35.3 Å². The summed E-state index contributed by atoms with van der Waals surface area (Å²) in [7, 11) is -0.486. The van der Waals surface area contributed by atoms with Crippen molar-refractivity contribution in [1.29, 1.82) is 10.5 Å². The summed E-state index contributed by atoms with van der Waals surface area (Å²) in [6.45, 7) is 6.74. The summed E-state index contributed by atoms with van der Waals surface area (Å²) in [5, 5.41) is 29.0. The summed E-state index contributed by atoms with van der Waals surface area (Å²) in [6.07, 6.45) is -2.63. The number of aliphatic hydroxyl groups excluding tert-OH is 1. The molecule has 14 heteroatoms. The third-order valence-electron chi connectivity index (χ3n) is 5.15. The minimum absolute atomic E-state index is 0.0759. The Hall–Kier alpha value is -2.09. The number of H-pyrrole nitrogens is 1. The van der Waals surface area contributed by atoms with Crippen LogP contribution in [0.15, 0.2) is 21.9 Å². The van der Waals surface area contributed by atoms with Gasteiger partial charge in [-0.15, -0.1) is 0 Å². The third-order valence-corrected chi connectivity index (χ3v) is 7.69. The number of aromatic nitrogens is 2. The summed E-state index contributed by atoms with van der Waals surface area (Å²) < 4.78 is 30.7. The van der Waals surface area contributed by atoms with E-state index in [4.69, 9.17) is 33.6 Å². The maximum atomic E-state index is 12.2. The van der Waals surface area contributed by atoms with Crippen molar-refractivity contribution in [3.8, 4) is 12.1 Å². The van der Waals surface area contributed by atoms with Gasteiger partial charge in [-0.05, 0) is 0 Å². The van der Waals surface area contributed by atoms with Crippen LogP contribution in [0.4, 0.5) is 0 Å². The molecule has 0 spiro atoms. The van der Waals surface area contributed by atoms with Crippen molar-refractivity contribution in [3.05, 3.63) is 33.1 Å². The normalized spacial score (nSPS) is 23.9. The van der Waals surface area contributed by atoms with E-state index in [1.807, 2.05) is 0 Å². The quantitative estimate of drug-likeness (QED) is 0.319. The Morgan fingerprint density at radius 1 is 1.21 bits per heavy atom. The van der Waals surface area contributed by atoms with Gasteiger partial charge in [-0.2, -0.15) is 0 Å². The zero-order valence-electron chi connectivity index (χ0n) is 20.2. The van der Waals surface area contributed by atoms with Crippen LogP contribution >= 0.6 is 7.82 Å². The minimum atomic E-state index is -3.49. The molecule has 0 bridgehead atoms. The van der Waals surface area contributed by atoms with E-state index in [-0.39, 0.29) is 19.4 Å². The van der Waals surface area contributed by atoms with Gasteiger partial charge < -0.3 is 0 Å². The molecule has 34 heavy (non-hydrogen) atoms. The molecule has 1 saturated heterocycles. The van der Waals surface area contributed by atoms with Crippen molar-refractivity contribution in [2.45, 2.75) is 76.3 Å². The molecule has 0 amide bonds. The van der Waals surface area contributed by atoms with Gasteiger partial charge in [0.15, 0.2) is 0 Å². The van der Waals surface area contributed by atoms with Gasteiger partial charge in [0.2, 0.25) is 0 Å². The predicted molar refractivity (Wildman–Crippen MR) is 126 cm³/mol. The van der Waals surface area contributed by atoms with E-state index in [0.29, 0.717) is 0 Å². The monoisotopic (exact) mass is 498 g/mol. The fourth-order valence-electron chi connectivity index (χ4n) is 3.73. The van der Waals surface area contributed by atoms with Crippen LogP contribution in [0.1, 0.15) is 46.8 Å². The van der Waals surface area contributed by atoms with E-state index in [2.05, 4.69) is 17.1 Å². The number of aromatic amines is 1. The second-order valence-corrected chi connectivity index (χ2v) is 11.8. The molecule has 1 aromatic rings. The molecule has 1 fully saturated rings. The Kier molecular flexibility index (Phi) is 9.19. The van der Waals surface area contributed by atoms with Gasteiger partial charge in [0, 0.05) is 0 Å². The number of methoxy groups -OCH3 is 1. The average Bonchev–Trinajstić information content (AvgIpc) is 3.00. The van der Waals surface area contributed by atoms with Crippen LogP contribution in [0.2, 0.25) is 0 Å². The van der Waals surface area contributed by atoms with Gasteiger partial charge >= 0.3 is 199 Å². The van der Waals surface area contributed by atoms with Crippen LogP contribution in [-0.2, 0) is 23.0 Å². The summed E-state index contributed by atoms with van der Waals surface area (Å²) in [5.74, 6) is 0. The van der Waals surface area contributed by atoms with Crippen molar-refractivity contribution in [1.82, 2.24) is 9.55 Å². The summed E-state index contributed by atoms with van der Waals surface area (Å²) in [5.41, 5.74) is -3.07. The summed E-state index contributed by atoms with van der Waals surface area (Å²) in [4.78, 5) is 25.8. The topological polar surface area (TPSA) is 169 Å². The molecular formula is C20H32BN4O8P. The Labute approximate surface area is 199 Å². The molecule has 1 aromatic heterocycles. The van der Waals surface area contributed by atoms with E-state index in [0.717, 1.165) is 10.6 Å². The molecule has 12 nitrogen and oxygen atoms in total. The third kappa shape index (κ3) is 7.21. The predicted octanol–water partition coefficient (Wildman–Crippen LogP) is 0.287. The van der Waals surface area contributed by atoms with Gasteiger partial charge in [0.1, 0.15) is 0 Å². The van der Waals surface area contributed by atoms with E-state index < -0.39 is 54.8 Å². The first-order valence-corrected chi connectivity index (χ1v) is 12.9. The maximum absolute atomic E-state index is 12.2. The Morgan fingerprint density at radius 3 is 2.24 bits per heavy atom. The molecule has 2 heterocycles. The molecule has 4 atom stereocenters. The number of aliphatic hydroxyl groups is 1. The molecule has 0 aromatic carbocycles. The van der Waals surface area contributed by atoms with E-state index in [9.17, 15) is 14.7 Å². The van der Waals surface area contributed by atoms with Crippen molar-refractivity contribution in [2.75, 3.05) is 13.7 Å². The number of nitrogens with one attached hydrogen (secondary N) is 1. The Balaban J connectivity index is 2.25. The number of rotatable bonds is 11. The fourth-order valence-corrected chi connectivity index (χ4v) is 6.51. The molecule has 2 N–H and O–H groups in total. The first kappa shape index (κ1) is 28.2. The Bertz CT molecular complexity index is 1020. The molecular weight excluding hydrogens is 466 g/mol. The van der Waals surface area contributed by atoms with E-state index >= 15 is 0 Å². The molecule has 1 aliphatic rings. The van der Waals surface area contributed by atoms with E-state index in [1.165, 1.54) is 13.3 Å². The van der Waals surface area contributed by atoms with Crippen LogP contribution < -0.4 is 11.2 Å². The number of hydrogen-bond acceptors (Lipinski definition) is 10. The van der Waals surface area contributed by atoms with Crippen molar-refractivity contribution in [3.63, 3.8) is 0 Å². The zero-order chi connectivity index (χ0) is 25.7. The standard InChI is InChI=1S/C20H32BN4O8P/c1-19(2,7-9-22)32-34(21,33-20(3,4)8-10-23)30-12-13-15(27)16(29-5)17(31-13)25-11-6-14(26)24-18(25)28/h6,11,13,15-17,27,34H,7-8,12,21H2,1-5H3,(H,24,26,28)/t13-,15?,16+,17-/m1/s1. The Morgan fingerprint density at radius 2 is 1.76 bits per heavy atom. The number of hydrogen-bond donors (Lipinski definition) is 2. The van der Waals surface area contributed by atoms with Crippen LogP contribution in [-0.4, -0.2) is 65.5 Å².